The van der Waals surface area contributed by atoms with E-state index in [1.165, 1.54) is 18.6 Å². The van der Waals surface area contributed by atoms with E-state index in [1.54, 1.807) is 28.4 Å². The van der Waals surface area contributed by atoms with E-state index in [0.717, 1.165) is 23.9 Å². The molecule has 3 heterocycles. The number of benzene rings is 1. The molecule has 0 aliphatic carbocycles. The number of nitrogens with one attached hydrogen (secondary N) is 1. The maximum absolute atomic E-state index is 13.3. The normalized spacial score (nSPS) is 21.7. The van der Waals surface area contributed by atoms with Crippen molar-refractivity contribution in [2.45, 2.75) is 45.8 Å². The van der Waals surface area contributed by atoms with Crippen molar-refractivity contribution >= 4 is 28.1 Å². The van der Waals surface area contributed by atoms with Crippen LogP contribution >= 0.6 is 11.3 Å². The molecule has 2 atom stereocenters. The van der Waals surface area contributed by atoms with Crippen LogP contribution in [0.25, 0.3) is 0 Å². The molecule has 7 heteroatoms. The summed E-state index contributed by atoms with van der Waals surface area (Å²) < 4.78 is 13.3. The number of hydrogen-bond donors (Lipinski definition) is 1. The van der Waals surface area contributed by atoms with E-state index in [0.29, 0.717) is 24.3 Å². The number of carbonyl (C=O) groups is 1. The molecular weight excluding hydrogens is 363 g/mol. The maximum atomic E-state index is 13.3. The van der Waals surface area contributed by atoms with E-state index in [2.05, 4.69) is 10.2 Å². The third-order valence-corrected chi connectivity index (χ3v) is 6.11. The number of anilines is 2. The minimum absolute atomic E-state index is 0.00640. The van der Waals surface area contributed by atoms with Gasteiger partial charge in [0.05, 0.1) is 12.2 Å². The van der Waals surface area contributed by atoms with Gasteiger partial charge in [-0.1, -0.05) is 20.8 Å². The fourth-order valence-corrected chi connectivity index (χ4v) is 4.66. The summed E-state index contributed by atoms with van der Waals surface area (Å²) in [5.41, 5.74) is 1.02. The van der Waals surface area contributed by atoms with E-state index in [9.17, 15) is 9.18 Å². The number of carbonyl (C=O) groups excluding carboxylic acids is 1. The minimum Gasteiger partial charge on any atom is -0.342 e. The van der Waals surface area contributed by atoms with Crippen LogP contribution < -0.4 is 15.1 Å². The Morgan fingerprint density at radius 1 is 1.37 bits per heavy atom. The minimum atomic E-state index is -0.535. The molecule has 1 aromatic carbocycles. The van der Waals surface area contributed by atoms with Gasteiger partial charge in [0.2, 0.25) is 5.91 Å². The van der Waals surface area contributed by atoms with Gasteiger partial charge >= 0.3 is 0 Å². The molecule has 5 nitrogen and oxygen atoms in total. The molecule has 2 aliphatic heterocycles. The van der Waals surface area contributed by atoms with Crippen molar-refractivity contribution < 1.29 is 9.18 Å². The molecule has 1 N–H and O–H groups in total. The highest BCUT2D eigenvalue weighted by Crippen LogP contribution is 2.33. The summed E-state index contributed by atoms with van der Waals surface area (Å²) >= 11 is 1.63. The molecule has 0 spiro atoms. The summed E-state index contributed by atoms with van der Waals surface area (Å²) in [6.07, 6.45) is 1.18. The van der Waals surface area contributed by atoms with Crippen LogP contribution in [0, 0.1) is 11.2 Å². The van der Waals surface area contributed by atoms with Crippen LogP contribution in [-0.2, 0) is 11.3 Å². The summed E-state index contributed by atoms with van der Waals surface area (Å²) in [7, 11) is 0. The molecule has 4 rings (SSSR count). The average molecular weight is 389 g/mol. The monoisotopic (exact) mass is 388 g/mol. The largest absolute Gasteiger partial charge is 0.342 e. The average Bonchev–Trinajstić information content (AvgIpc) is 3.35. The fourth-order valence-electron chi connectivity index (χ4n) is 3.76. The Balaban J connectivity index is 1.56. The van der Waals surface area contributed by atoms with Crippen molar-refractivity contribution in [2.24, 2.45) is 5.41 Å². The number of piperazine rings is 1. The van der Waals surface area contributed by atoms with Gasteiger partial charge < -0.3 is 15.1 Å². The van der Waals surface area contributed by atoms with Gasteiger partial charge in [0.25, 0.3) is 0 Å². The first-order valence-electron chi connectivity index (χ1n) is 9.33. The van der Waals surface area contributed by atoms with Gasteiger partial charge in [-0.05, 0) is 30.7 Å². The second-order valence-electron chi connectivity index (χ2n) is 8.39. The van der Waals surface area contributed by atoms with E-state index >= 15 is 0 Å². The topological polar surface area (TPSA) is 48.5 Å². The second-order valence-corrected chi connectivity index (χ2v) is 9.22. The molecule has 2 bridgehead atoms. The van der Waals surface area contributed by atoms with Crippen molar-refractivity contribution in [1.29, 1.82) is 0 Å². The number of aromatic nitrogens is 1. The molecular formula is C20H25FN4OS. The first-order valence-corrected chi connectivity index (χ1v) is 10.2. The first kappa shape index (κ1) is 18.4. The van der Waals surface area contributed by atoms with Gasteiger partial charge in [0, 0.05) is 41.7 Å². The molecule has 27 heavy (non-hydrogen) atoms. The summed E-state index contributed by atoms with van der Waals surface area (Å²) in [5, 5.41) is 6.56. The third-order valence-electron chi connectivity index (χ3n) is 5.19. The molecule has 2 aliphatic rings. The smallest absolute Gasteiger partial charge is 0.232 e. The molecule has 144 valence electrons. The lowest BCUT2D eigenvalue weighted by atomic mass is 9.94. The Morgan fingerprint density at radius 3 is 2.70 bits per heavy atom. The number of fused-ring (bicyclic) bond motifs is 2. The number of nitrogens with zero attached hydrogens (tertiary/aromatic N) is 3. The highest BCUT2D eigenvalue weighted by atomic mass is 32.1. The summed E-state index contributed by atoms with van der Waals surface area (Å²) in [6, 6.07) is 7.17. The quantitative estimate of drug-likeness (QED) is 0.872. The van der Waals surface area contributed by atoms with Crippen LogP contribution in [0.15, 0.2) is 29.6 Å². The van der Waals surface area contributed by atoms with Gasteiger partial charge in [-0.15, -0.1) is 11.3 Å². The lowest BCUT2D eigenvalue weighted by Crippen LogP contribution is -2.43. The van der Waals surface area contributed by atoms with Crippen LogP contribution in [-0.4, -0.2) is 36.1 Å². The SMILES string of the molecule is CC(C)(C)C(=O)N(Cc1csc(N2CC3CC2CN3)n1)c1ccc(F)cc1. The van der Waals surface area contributed by atoms with Crippen molar-refractivity contribution in [3.63, 3.8) is 0 Å². The van der Waals surface area contributed by atoms with Crippen LogP contribution in [0.2, 0.25) is 0 Å². The van der Waals surface area contributed by atoms with Gasteiger partial charge in [-0.3, -0.25) is 4.79 Å². The summed E-state index contributed by atoms with van der Waals surface area (Å²) in [4.78, 5) is 21.9. The van der Waals surface area contributed by atoms with Crippen molar-refractivity contribution in [3.8, 4) is 0 Å². The molecule has 2 fully saturated rings. The molecule has 0 saturated carbocycles. The van der Waals surface area contributed by atoms with Crippen molar-refractivity contribution in [2.75, 3.05) is 22.9 Å². The lowest BCUT2D eigenvalue weighted by molar-refractivity contribution is -0.125. The number of halogens is 1. The van der Waals surface area contributed by atoms with Crippen LogP contribution in [0.1, 0.15) is 32.9 Å². The summed E-state index contributed by atoms with van der Waals surface area (Å²) in [5.74, 6) is -0.316. The van der Waals surface area contributed by atoms with E-state index < -0.39 is 5.41 Å². The van der Waals surface area contributed by atoms with E-state index in [4.69, 9.17) is 4.98 Å². The van der Waals surface area contributed by atoms with E-state index in [-0.39, 0.29) is 11.7 Å². The highest BCUT2D eigenvalue weighted by Gasteiger charge is 2.39. The Labute approximate surface area is 163 Å². The molecule has 0 radical (unpaired) electrons. The highest BCUT2D eigenvalue weighted by molar-refractivity contribution is 7.13. The third kappa shape index (κ3) is 3.71. The number of hydrogen-bond acceptors (Lipinski definition) is 5. The lowest BCUT2D eigenvalue weighted by Gasteiger charge is -2.29. The Bertz CT molecular complexity index is 829. The van der Waals surface area contributed by atoms with Crippen LogP contribution in [0.5, 0.6) is 0 Å². The molecule has 2 aromatic rings. The van der Waals surface area contributed by atoms with Gasteiger partial charge in [-0.25, -0.2) is 9.37 Å². The van der Waals surface area contributed by atoms with Crippen molar-refractivity contribution in [1.82, 2.24) is 10.3 Å². The van der Waals surface area contributed by atoms with Gasteiger partial charge in [0.1, 0.15) is 5.82 Å². The van der Waals surface area contributed by atoms with Gasteiger partial charge in [-0.2, -0.15) is 0 Å². The molecule has 1 amide bonds. The van der Waals surface area contributed by atoms with Gasteiger partial charge in [0.15, 0.2) is 5.13 Å². The van der Waals surface area contributed by atoms with E-state index in [1.807, 2.05) is 26.2 Å². The zero-order valence-electron chi connectivity index (χ0n) is 15.9. The van der Waals surface area contributed by atoms with Crippen LogP contribution in [0.3, 0.4) is 0 Å². The fraction of sp³-hybridized carbons (Fsp3) is 0.500. The predicted octanol–water partition coefficient (Wildman–Crippen LogP) is 3.41. The Kier molecular flexibility index (Phi) is 4.68. The Hall–Kier alpha value is -1.99. The maximum Gasteiger partial charge on any atom is 0.232 e. The standard InChI is InChI=1S/C20H25FN4OS/c1-20(2,3)18(26)24(16-6-4-13(21)5-7-16)11-15-12-27-19(23-15)25-10-14-8-17(25)9-22-14/h4-7,12,14,17,22H,8-11H2,1-3H3. The number of rotatable bonds is 4. The number of thiazole rings is 1. The molecule has 2 unspecified atom stereocenters. The van der Waals surface area contributed by atoms with Crippen LogP contribution in [0.4, 0.5) is 15.2 Å². The zero-order valence-corrected chi connectivity index (χ0v) is 16.7. The van der Waals surface area contributed by atoms with Crippen molar-refractivity contribution in [3.05, 3.63) is 41.2 Å². The molecule has 2 saturated heterocycles. The first-order chi connectivity index (χ1) is 12.8. The Morgan fingerprint density at radius 2 is 2.11 bits per heavy atom. The zero-order chi connectivity index (χ0) is 19.2. The second kappa shape index (κ2) is 6.87. The predicted molar refractivity (Wildman–Crippen MR) is 107 cm³/mol. The number of amides is 1. The molecule has 1 aromatic heterocycles. The summed E-state index contributed by atoms with van der Waals surface area (Å²) in [6.45, 7) is 8.09.